The van der Waals surface area contributed by atoms with Crippen LogP contribution in [0.25, 0.3) is 10.9 Å². The number of carbonyl (C=O) groups is 1. The summed E-state index contributed by atoms with van der Waals surface area (Å²) in [5.41, 5.74) is 2.01. The third-order valence-corrected chi connectivity index (χ3v) is 10.1. The van der Waals surface area contributed by atoms with Gasteiger partial charge in [0.2, 0.25) is 0 Å². The summed E-state index contributed by atoms with van der Waals surface area (Å²) in [6.45, 7) is 6.68. The van der Waals surface area contributed by atoms with Crippen LogP contribution in [0.15, 0.2) is 36.1 Å². The molecule has 3 unspecified atom stereocenters. The van der Waals surface area contributed by atoms with Gasteiger partial charge in [0, 0.05) is 38.1 Å². The minimum absolute atomic E-state index is 0.000103. The fraction of sp³-hybridized carbons (Fsp3) is 0.647. The van der Waals surface area contributed by atoms with Crippen LogP contribution in [0.1, 0.15) is 107 Å². The van der Waals surface area contributed by atoms with Crippen molar-refractivity contribution in [1.82, 2.24) is 15.1 Å². The summed E-state index contributed by atoms with van der Waals surface area (Å²) in [4.78, 5) is 15.8. The van der Waals surface area contributed by atoms with Gasteiger partial charge >= 0.3 is 0 Å². The minimum atomic E-state index is -0.0865. The lowest BCUT2D eigenvalue weighted by atomic mass is 9.70. The van der Waals surface area contributed by atoms with Crippen LogP contribution in [0.5, 0.6) is 5.75 Å². The average Bonchev–Trinajstić information content (AvgIpc) is 3.38. The van der Waals surface area contributed by atoms with Crippen LogP contribution < -0.4 is 0 Å². The molecule has 1 saturated heterocycles. The number of aromatic hydroxyl groups is 1. The largest absolute Gasteiger partial charge is 0.507 e. The molecule has 1 aromatic carbocycles. The van der Waals surface area contributed by atoms with Gasteiger partial charge in [0.25, 0.3) is 0 Å². The predicted octanol–water partition coefficient (Wildman–Crippen LogP) is 7.49. The maximum atomic E-state index is 13.4. The summed E-state index contributed by atoms with van der Waals surface area (Å²) in [7, 11) is 3.92. The maximum Gasteiger partial charge on any atom is 0.166 e. The Balaban J connectivity index is 1.26. The Labute approximate surface area is 245 Å². The van der Waals surface area contributed by atoms with Gasteiger partial charge in [-0.15, -0.1) is 0 Å². The van der Waals surface area contributed by atoms with Gasteiger partial charge in [0.15, 0.2) is 5.78 Å². The smallest absolute Gasteiger partial charge is 0.166 e. The fourth-order valence-corrected chi connectivity index (χ4v) is 7.11. The molecular weight excluding hydrogens is 514 g/mol. The molecule has 0 bridgehead atoms. The molecule has 1 saturated carbocycles. The Bertz CT molecular complexity index is 1250. The number of aromatic nitrogens is 2. The molecular formula is C34H49N3O4. The molecule has 7 heteroatoms. The molecule has 7 nitrogen and oxygen atoms in total. The van der Waals surface area contributed by atoms with Crippen molar-refractivity contribution in [2.24, 2.45) is 17.3 Å². The van der Waals surface area contributed by atoms with Crippen molar-refractivity contribution in [2.45, 2.75) is 96.7 Å². The monoisotopic (exact) mass is 563 g/mol. The van der Waals surface area contributed by atoms with Gasteiger partial charge in [-0.2, -0.15) is 5.10 Å². The van der Waals surface area contributed by atoms with E-state index >= 15 is 0 Å². The van der Waals surface area contributed by atoms with E-state index in [2.05, 4.69) is 54.2 Å². The van der Waals surface area contributed by atoms with E-state index in [4.69, 9.17) is 9.47 Å². The number of phenolic OH excluding ortho intramolecular Hbond substituents is 1. The number of ether oxygens (including phenoxy) is 2. The molecule has 2 fully saturated rings. The molecule has 3 atom stereocenters. The van der Waals surface area contributed by atoms with Gasteiger partial charge in [-0.3, -0.25) is 9.89 Å². The molecule has 3 aliphatic rings. The van der Waals surface area contributed by atoms with Crippen LogP contribution in [0.2, 0.25) is 0 Å². The number of ketones is 1. The number of methoxy groups -OCH3 is 1. The lowest BCUT2D eigenvalue weighted by Crippen LogP contribution is -2.34. The number of piperidine rings is 1. The first-order valence-electron chi connectivity index (χ1n) is 15.8. The molecule has 2 aliphatic carbocycles. The van der Waals surface area contributed by atoms with Crippen molar-refractivity contribution in [3.8, 4) is 5.75 Å². The third-order valence-electron chi connectivity index (χ3n) is 10.1. The summed E-state index contributed by atoms with van der Waals surface area (Å²) in [5.74, 6) is 1.69. The first kappa shape index (κ1) is 29.8. The summed E-state index contributed by atoms with van der Waals surface area (Å²) in [6.07, 6.45) is 18.1. The molecule has 0 radical (unpaired) electrons. The first-order valence-corrected chi connectivity index (χ1v) is 15.8. The highest BCUT2D eigenvalue weighted by Crippen LogP contribution is 2.42. The third kappa shape index (κ3) is 6.72. The zero-order chi connectivity index (χ0) is 29.0. The standard InChI is InChI=1S/C34H49N3O4/c1-5-34(2)17-14-26(41-25-15-18-37(3)19-16-25)20-24(34)12-9-13-30(38)28-21-27-29(22-31(28)39)35-36-32(27)33(40-4)23-10-7-6-8-11-23/h14,17,20-25,33,39H,5-13,15-16,18-19H2,1-4H3,(H,35,36). The summed E-state index contributed by atoms with van der Waals surface area (Å²) < 4.78 is 12.4. The molecule has 1 aliphatic heterocycles. The van der Waals surface area contributed by atoms with Crippen molar-refractivity contribution in [3.63, 3.8) is 0 Å². The van der Waals surface area contributed by atoms with E-state index in [1.54, 1.807) is 13.2 Å². The van der Waals surface area contributed by atoms with Crippen LogP contribution in [-0.2, 0) is 9.47 Å². The number of nitrogens with zero attached hydrogens (tertiary/aromatic N) is 2. The number of benzene rings is 1. The molecule has 1 aromatic heterocycles. The van der Waals surface area contributed by atoms with E-state index in [0.717, 1.165) is 74.9 Å². The minimum Gasteiger partial charge on any atom is -0.507 e. The summed E-state index contributed by atoms with van der Waals surface area (Å²) in [6, 6.07) is 3.44. The maximum absolute atomic E-state index is 13.4. The zero-order valence-electron chi connectivity index (χ0n) is 25.5. The molecule has 2 aromatic rings. The molecule has 2 N–H and O–H groups in total. The zero-order valence-corrected chi connectivity index (χ0v) is 25.5. The highest BCUT2D eigenvalue weighted by atomic mass is 16.5. The Morgan fingerprint density at radius 2 is 1.95 bits per heavy atom. The molecule has 41 heavy (non-hydrogen) atoms. The van der Waals surface area contributed by atoms with E-state index in [-0.39, 0.29) is 29.2 Å². The lowest BCUT2D eigenvalue weighted by molar-refractivity contribution is 0.0332. The number of nitrogens with one attached hydrogen (secondary N) is 1. The number of aromatic amines is 1. The normalized spacial score (nSPS) is 25.4. The van der Waals surface area contributed by atoms with Gasteiger partial charge in [-0.25, -0.2) is 0 Å². The van der Waals surface area contributed by atoms with Gasteiger partial charge in [0.1, 0.15) is 23.7 Å². The van der Waals surface area contributed by atoms with Gasteiger partial charge in [0.05, 0.1) is 16.8 Å². The average molecular weight is 564 g/mol. The number of Topliss-reactive ketones (excluding diaryl/α,β-unsaturated/α-hetero) is 1. The van der Waals surface area contributed by atoms with E-state index in [9.17, 15) is 9.90 Å². The summed E-state index contributed by atoms with van der Waals surface area (Å²) >= 11 is 0. The van der Waals surface area contributed by atoms with Gasteiger partial charge in [-0.05, 0) is 87.5 Å². The quantitative estimate of drug-likeness (QED) is 0.276. The number of phenols is 1. The second-order valence-electron chi connectivity index (χ2n) is 12.9. The van der Waals surface area contributed by atoms with Crippen LogP contribution >= 0.6 is 0 Å². The van der Waals surface area contributed by atoms with Crippen molar-refractivity contribution >= 4 is 16.7 Å². The number of allylic oxidation sites excluding steroid dienone is 3. The highest BCUT2D eigenvalue weighted by Gasteiger charge is 2.33. The van der Waals surface area contributed by atoms with Crippen molar-refractivity contribution in [1.29, 1.82) is 0 Å². The second-order valence-corrected chi connectivity index (χ2v) is 12.9. The van der Waals surface area contributed by atoms with Crippen molar-refractivity contribution in [2.75, 3.05) is 27.2 Å². The molecule has 224 valence electrons. The Hall–Kier alpha value is -2.64. The molecule has 0 amide bonds. The van der Waals surface area contributed by atoms with Crippen molar-refractivity contribution in [3.05, 3.63) is 47.4 Å². The van der Waals surface area contributed by atoms with E-state index in [1.807, 2.05) is 6.07 Å². The number of hydrogen-bond donors (Lipinski definition) is 2. The molecule has 0 spiro atoms. The van der Waals surface area contributed by atoms with E-state index in [0.29, 0.717) is 29.3 Å². The summed E-state index contributed by atoms with van der Waals surface area (Å²) in [5, 5.41) is 19.2. The Morgan fingerprint density at radius 3 is 2.66 bits per heavy atom. The molecule has 2 heterocycles. The van der Waals surface area contributed by atoms with Crippen molar-refractivity contribution < 1.29 is 19.4 Å². The number of likely N-dealkylation sites (tertiary alicyclic amines) is 1. The van der Waals surface area contributed by atoms with Crippen LogP contribution in [0.3, 0.4) is 0 Å². The SMILES string of the molecule is CCC1(C)C=CC(OC2CCN(C)CC2)=CC1CCCC(=O)c1cc2c(C(OC)C3CCCCC3)[nH]nc2cc1O. The predicted molar refractivity (Wildman–Crippen MR) is 163 cm³/mol. The highest BCUT2D eigenvalue weighted by molar-refractivity contribution is 6.02. The van der Waals surface area contributed by atoms with E-state index < -0.39 is 0 Å². The van der Waals surface area contributed by atoms with Gasteiger partial charge in [-0.1, -0.05) is 39.2 Å². The van der Waals surface area contributed by atoms with E-state index in [1.165, 1.54) is 19.3 Å². The van der Waals surface area contributed by atoms with Crippen LogP contribution in [0, 0.1) is 17.3 Å². The Kier molecular flexibility index (Phi) is 9.55. The molecule has 5 rings (SSSR count). The Morgan fingerprint density at radius 1 is 1.20 bits per heavy atom. The second kappa shape index (κ2) is 13.1. The van der Waals surface area contributed by atoms with Gasteiger partial charge < -0.3 is 19.5 Å². The fourth-order valence-electron chi connectivity index (χ4n) is 7.11. The number of rotatable bonds is 11. The number of H-pyrrole nitrogens is 1. The topological polar surface area (TPSA) is 87.7 Å². The number of carbonyl (C=O) groups excluding carboxylic acids is 1. The number of hydrogen-bond acceptors (Lipinski definition) is 6. The lowest BCUT2D eigenvalue weighted by Gasteiger charge is -2.37. The first-order chi connectivity index (χ1) is 19.8. The number of fused-ring (bicyclic) bond motifs is 1. The van der Waals surface area contributed by atoms with Crippen LogP contribution in [0.4, 0.5) is 0 Å². The van der Waals surface area contributed by atoms with Crippen LogP contribution in [-0.4, -0.2) is 59.3 Å².